The Morgan fingerprint density at radius 2 is 1.81 bits per heavy atom. The van der Waals surface area contributed by atoms with E-state index in [9.17, 15) is 18.0 Å². The number of hydrogen-bond acceptors (Lipinski definition) is 3. The number of hydrogen-bond donors (Lipinski definition) is 1. The van der Waals surface area contributed by atoms with Gasteiger partial charge in [-0.2, -0.15) is 18.3 Å². The number of pyridine rings is 1. The second-order valence-electron chi connectivity index (χ2n) is 4.02. The molecular formula is C14H10F3N3O. The molecular weight excluding hydrogens is 283 g/mol. The minimum atomic E-state index is -4.47. The van der Waals surface area contributed by atoms with E-state index < -0.39 is 17.6 Å². The fraction of sp³-hybridized carbons (Fsp3) is 0.0714. The normalized spacial score (nSPS) is 11.6. The Labute approximate surface area is 118 Å². The molecule has 2 rings (SSSR count). The maximum atomic E-state index is 12.7. The highest BCUT2D eigenvalue weighted by Crippen LogP contribution is 2.30. The highest BCUT2D eigenvalue weighted by atomic mass is 19.4. The summed E-state index contributed by atoms with van der Waals surface area (Å²) >= 11 is 0. The van der Waals surface area contributed by atoms with Crippen molar-refractivity contribution < 1.29 is 18.0 Å². The molecule has 1 amide bonds. The van der Waals surface area contributed by atoms with Gasteiger partial charge in [-0.05, 0) is 18.2 Å². The van der Waals surface area contributed by atoms with E-state index in [1.807, 2.05) is 0 Å². The molecule has 0 saturated carbocycles. The SMILES string of the molecule is O=C(N/N=C\c1ccccc1C(F)(F)F)c1ccncc1. The molecule has 2 aromatic rings. The molecule has 1 heterocycles. The molecule has 1 aromatic heterocycles. The van der Waals surface area contributed by atoms with Gasteiger partial charge in [-0.1, -0.05) is 18.2 Å². The average Bonchev–Trinajstić information content (AvgIpc) is 2.47. The van der Waals surface area contributed by atoms with Crippen LogP contribution in [0.25, 0.3) is 0 Å². The van der Waals surface area contributed by atoms with Gasteiger partial charge >= 0.3 is 6.18 Å². The van der Waals surface area contributed by atoms with Gasteiger partial charge in [0, 0.05) is 23.5 Å². The molecule has 4 nitrogen and oxygen atoms in total. The number of nitrogens with one attached hydrogen (secondary N) is 1. The lowest BCUT2D eigenvalue weighted by atomic mass is 10.1. The van der Waals surface area contributed by atoms with Gasteiger partial charge in [0.2, 0.25) is 0 Å². The van der Waals surface area contributed by atoms with Crippen molar-refractivity contribution in [1.29, 1.82) is 0 Å². The van der Waals surface area contributed by atoms with Crippen LogP contribution in [0.1, 0.15) is 21.5 Å². The Balaban J connectivity index is 2.11. The maximum Gasteiger partial charge on any atom is 0.417 e. The molecule has 0 aliphatic heterocycles. The van der Waals surface area contributed by atoms with Gasteiger partial charge in [0.25, 0.3) is 5.91 Å². The first kappa shape index (κ1) is 14.7. The molecule has 0 atom stereocenters. The van der Waals surface area contributed by atoms with E-state index in [2.05, 4.69) is 15.5 Å². The summed E-state index contributed by atoms with van der Waals surface area (Å²) in [6.07, 6.45) is -0.658. The van der Waals surface area contributed by atoms with E-state index in [1.165, 1.54) is 42.7 Å². The van der Waals surface area contributed by atoms with E-state index in [4.69, 9.17) is 0 Å². The summed E-state index contributed by atoms with van der Waals surface area (Å²) in [6, 6.07) is 7.90. The summed E-state index contributed by atoms with van der Waals surface area (Å²) in [5.74, 6) is -0.530. The number of carbonyl (C=O) groups is 1. The zero-order valence-corrected chi connectivity index (χ0v) is 10.6. The molecule has 0 aliphatic carbocycles. The van der Waals surface area contributed by atoms with Crippen LogP contribution in [0.2, 0.25) is 0 Å². The van der Waals surface area contributed by atoms with Crippen molar-refractivity contribution in [3.8, 4) is 0 Å². The summed E-state index contributed by atoms with van der Waals surface area (Å²) in [6.45, 7) is 0. The van der Waals surface area contributed by atoms with Crippen molar-refractivity contribution in [1.82, 2.24) is 10.4 Å². The highest BCUT2D eigenvalue weighted by molar-refractivity contribution is 5.94. The third kappa shape index (κ3) is 3.88. The fourth-order valence-electron chi connectivity index (χ4n) is 1.60. The Kier molecular flexibility index (Phi) is 4.32. The predicted molar refractivity (Wildman–Crippen MR) is 70.7 cm³/mol. The second kappa shape index (κ2) is 6.17. The molecule has 0 bridgehead atoms. The number of aromatic nitrogens is 1. The Morgan fingerprint density at radius 1 is 1.14 bits per heavy atom. The highest BCUT2D eigenvalue weighted by Gasteiger charge is 2.32. The number of amides is 1. The first-order valence-electron chi connectivity index (χ1n) is 5.88. The van der Waals surface area contributed by atoms with Crippen molar-refractivity contribution in [3.05, 3.63) is 65.5 Å². The predicted octanol–water partition coefficient (Wildman–Crippen LogP) is 2.86. The maximum absolute atomic E-state index is 12.7. The monoisotopic (exact) mass is 293 g/mol. The Bertz CT molecular complexity index is 654. The molecule has 0 radical (unpaired) electrons. The van der Waals surface area contributed by atoms with E-state index in [1.54, 1.807) is 0 Å². The number of rotatable bonds is 3. The zero-order chi connectivity index (χ0) is 15.3. The van der Waals surface area contributed by atoms with Gasteiger partial charge < -0.3 is 0 Å². The molecule has 0 saturated heterocycles. The van der Waals surface area contributed by atoms with Crippen LogP contribution in [0.15, 0.2) is 53.9 Å². The van der Waals surface area contributed by atoms with Gasteiger partial charge in [-0.15, -0.1) is 0 Å². The smallest absolute Gasteiger partial charge is 0.267 e. The number of carbonyl (C=O) groups excluding carboxylic acids is 1. The van der Waals surface area contributed by atoms with Crippen molar-refractivity contribution >= 4 is 12.1 Å². The zero-order valence-electron chi connectivity index (χ0n) is 10.6. The van der Waals surface area contributed by atoms with Crippen molar-refractivity contribution in [3.63, 3.8) is 0 Å². The summed E-state index contributed by atoms with van der Waals surface area (Å²) in [5.41, 5.74) is 1.53. The van der Waals surface area contributed by atoms with Crippen LogP contribution in [0.5, 0.6) is 0 Å². The minimum absolute atomic E-state index is 0.125. The first-order valence-corrected chi connectivity index (χ1v) is 5.88. The largest absolute Gasteiger partial charge is 0.417 e. The second-order valence-corrected chi connectivity index (χ2v) is 4.02. The Hall–Kier alpha value is -2.70. The van der Waals surface area contributed by atoms with Crippen LogP contribution >= 0.6 is 0 Å². The quantitative estimate of drug-likeness (QED) is 0.699. The van der Waals surface area contributed by atoms with Crippen molar-refractivity contribution in [2.45, 2.75) is 6.18 Å². The lowest BCUT2D eigenvalue weighted by Crippen LogP contribution is -2.18. The number of alkyl halides is 3. The fourth-order valence-corrected chi connectivity index (χ4v) is 1.60. The minimum Gasteiger partial charge on any atom is -0.267 e. The summed E-state index contributed by atoms with van der Waals surface area (Å²) in [5, 5.41) is 3.55. The molecule has 0 aliphatic rings. The van der Waals surface area contributed by atoms with Gasteiger partial charge in [0.15, 0.2) is 0 Å². The van der Waals surface area contributed by atoms with Crippen LogP contribution in [-0.2, 0) is 6.18 Å². The Morgan fingerprint density at radius 3 is 2.48 bits per heavy atom. The van der Waals surface area contributed by atoms with Gasteiger partial charge in [-0.3, -0.25) is 9.78 Å². The van der Waals surface area contributed by atoms with E-state index in [0.717, 1.165) is 12.3 Å². The number of benzene rings is 1. The molecule has 0 fully saturated rings. The molecule has 0 unspecified atom stereocenters. The first-order chi connectivity index (χ1) is 9.98. The molecule has 1 aromatic carbocycles. The molecule has 7 heteroatoms. The standard InChI is InChI=1S/C14H10F3N3O/c15-14(16,17)12-4-2-1-3-11(12)9-19-20-13(21)10-5-7-18-8-6-10/h1-9H,(H,20,21)/b19-9-. The van der Waals surface area contributed by atoms with Crippen LogP contribution in [0.4, 0.5) is 13.2 Å². The third-order valence-electron chi connectivity index (χ3n) is 2.58. The van der Waals surface area contributed by atoms with Crippen LogP contribution in [0.3, 0.4) is 0 Å². The third-order valence-corrected chi connectivity index (χ3v) is 2.58. The van der Waals surface area contributed by atoms with Crippen LogP contribution < -0.4 is 5.43 Å². The lowest BCUT2D eigenvalue weighted by Gasteiger charge is -2.09. The summed E-state index contributed by atoms with van der Waals surface area (Å²) < 4.78 is 38.2. The van der Waals surface area contributed by atoms with E-state index >= 15 is 0 Å². The van der Waals surface area contributed by atoms with E-state index in [-0.39, 0.29) is 5.56 Å². The van der Waals surface area contributed by atoms with E-state index in [0.29, 0.717) is 5.56 Å². The van der Waals surface area contributed by atoms with Crippen LogP contribution in [-0.4, -0.2) is 17.1 Å². The number of hydrazone groups is 1. The molecule has 0 spiro atoms. The van der Waals surface area contributed by atoms with Gasteiger partial charge in [-0.25, -0.2) is 5.43 Å². The van der Waals surface area contributed by atoms with Crippen molar-refractivity contribution in [2.24, 2.45) is 5.10 Å². The molecule has 1 N–H and O–H groups in total. The molecule has 108 valence electrons. The van der Waals surface area contributed by atoms with Gasteiger partial charge in [0.05, 0.1) is 11.8 Å². The van der Waals surface area contributed by atoms with Gasteiger partial charge in [0.1, 0.15) is 0 Å². The summed E-state index contributed by atoms with van der Waals surface area (Å²) in [4.78, 5) is 15.4. The topological polar surface area (TPSA) is 54.4 Å². The summed E-state index contributed by atoms with van der Waals surface area (Å²) in [7, 11) is 0. The lowest BCUT2D eigenvalue weighted by molar-refractivity contribution is -0.137. The average molecular weight is 293 g/mol. The van der Waals surface area contributed by atoms with Crippen LogP contribution in [0, 0.1) is 0 Å². The van der Waals surface area contributed by atoms with Crippen molar-refractivity contribution in [2.75, 3.05) is 0 Å². The number of halogens is 3. The number of nitrogens with zero attached hydrogens (tertiary/aromatic N) is 2. The molecule has 21 heavy (non-hydrogen) atoms.